The Morgan fingerprint density at radius 1 is 1.42 bits per heavy atom. The molecule has 1 atom stereocenters. The lowest BCUT2D eigenvalue weighted by Gasteiger charge is -2.28. The summed E-state index contributed by atoms with van der Waals surface area (Å²) in [7, 11) is 3.89. The van der Waals surface area contributed by atoms with Crippen LogP contribution in [-0.2, 0) is 6.54 Å². The van der Waals surface area contributed by atoms with Crippen LogP contribution in [0.1, 0.15) is 24.8 Å². The van der Waals surface area contributed by atoms with Crippen molar-refractivity contribution in [2.75, 3.05) is 27.2 Å². The number of hydrogen-bond acceptors (Lipinski definition) is 3. The van der Waals surface area contributed by atoms with Crippen LogP contribution >= 0.6 is 15.9 Å². The van der Waals surface area contributed by atoms with Crippen molar-refractivity contribution in [3.63, 3.8) is 0 Å². The standard InChI is InChI=1S/C15H23BrN2O/c1-18(11-13-5-3-4-8-17-13)10-12-9-14(19-2)6-7-15(12)16/h6-7,9,13,17H,3-5,8,10-11H2,1-2H3. The second-order valence-corrected chi connectivity index (χ2v) is 6.16. The van der Waals surface area contributed by atoms with Gasteiger partial charge in [0.2, 0.25) is 0 Å². The number of nitrogens with one attached hydrogen (secondary N) is 1. The van der Waals surface area contributed by atoms with Crippen LogP contribution in [0.2, 0.25) is 0 Å². The summed E-state index contributed by atoms with van der Waals surface area (Å²) in [6.45, 7) is 3.21. The van der Waals surface area contributed by atoms with Gasteiger partial charge in [-0.3, -0.25) is 0 Å². The Kier molecular flexibility index (Phi) is 5.67. The Morgan fingerprint density at radius 2 is 2.26 bits per heavy atom. The molecular formula is C15H23BrN2O. The molecule has 1 N–H and O–H groups in total. The van der Waals surface area contributed by atoms with Crippen LogP contribution in [0.25, 0.3) is 0 Å². The maximum atomic E-state index is 5.29. The van der Waals surface area contributed by atoms with E-state index < -0.39 is 0 Å². The summed E-state index contributed by atoms with van der Waals surface area (Å²) in [6, 6.07) is 6.79. The van der Waals surface area contributed by atoms with Gasteiger partial charge in [0.25, 0.3) is 0 Å². The summed E-state index contributed by atoms with van der Waals surface area (Å²) in [4.78, 5) is 2.38. The predicted octanol–water partition coefficient (Wildman–Crippen LogP) is 3.03. The summed E-state index contributed by atoms with van der Waals surface area (Å²) < 4.78 is 6.44. The van der Waals surface area contributed by atoms with Gasteiger partial charge in [0.1, 0.15) is 5.75 Å². The number of halogens is 1. The van der Waals surface area contributed by atoms with Gasteiger partial charge in [-0.25, -0.2) is 0 Å². The van der Waals surface area contributed by atoms with E-state index in [1.54, 1.807) is 7.11 Å². The zero-order valence-electron chi connectivity index (χ0n) is 11.8. The highest BCUT2D eigenvalue weighted by atomic mass is 79.9. The first-order valence-electron chi connectivity index (χ1n) is 6.93. The first-order valence-corrected chi connectivity index (χ1v) is 7.72. The molecule has 4 heteroatoms. The van der Waals surface area contributed by atoms with Gasteiger partial charge in [0.05, 0.1) is 7.11 Å². The van der Waals surface area contributed by atoms with Crippen LogP contribution in [0, 0.1) is 0 Å². The molecule has 1 saturated heterocycles. The van der Waals surface area contributed by atoms with E-state index in [2.05, 4.69) is 45.3 Å². The number of piperidine rings is 1. The van der Waals surface area contributed by atoms with E-state index in [4.69, 9.17) is 4.74 Å². The van der Waals surface area contributed by atoms with Crippen LogP contribution in [0.5, 0.6) is 5.75 Å². The molecule has 1 aromatic carbocycles. The fourth-order valence-electron chi connectivity index (χ4n) is 2.61. The number of rotatable bonds is 5. The first kappa shape index (κ1) is 14.8. The van der Waals surface area contributed by atoms with E-state index in [0.29, 0.717) is 6.04 Å². The largest absolute Gasteiger partial charge is 0.497 e. The van der Waals surface area contributed by atoms with E-state index >= 15 is 0 Å². The van der Waals surface area contributed by atoms with Crippen molar-refractivity contribution < 1.29 is 4.74 Å². The molecule has 106 valence electrons. The molecule has 3 nitrogen and oxygen atoms in total. The lowest BCUT2D eigenvalue weighted by Crippen LogP contribution is -2.42. The topological polar surface area (TPSA) is 24.5 Å². The van der Waals surface area contributed by atoms with Crippen molar-refractivity contribution in [2.45, 2.75) is 31.8 Å². The molecule has 1 unspecified atom stereocenters. The van der Waals surface area contributed by atoms with E-state index in [-0.39, 0.29) is 0 Å². The van der Waals surface area contributed by atoms with Crippen molar-refractivity contribution in [3.8, 4) is 5.75 Å². The second kappa shape index (κ2) is 7.27. The lowest BCUT2D eigenvalue weighted by atomic mass is 10.0. The number of benzene rings is 1. The molecule has 1 aliphatic rings. The van der Waals surface area contributed by atoms with Crippen molar-refractivity contribution in [2.24, 2.45) is 0 Å². The van der Waals surface area contributed by atoms with Gasteiger partial charge in [-0.05, 0) is 50.2 Å². The van der Waals surface area contributed by atoms with Crippen molar-refractivity contribution >= 4 is 15.9 Å². The Bertz CT molecular complexity index is 405. The van der Waals surface area contributed by atoms with E-state index in [1.807, 2.05) is 6.07 Å². The molecule has 1 fully saturated rings. The quantitative estimate of drug-likeness (QED) is 0.900. The number of hydrogen-bond donors (Lipinski definition) is 1. The zero-order chi connectivity index (χ0) is 13.7. The minimum atomic E-state index is 0.642. The number of likely N-dealkylation sites (N-methyl/N-ethyl adjacent to an activating group) is 1. The Labute approximate surface area is 124 Å². The Morgan fingerprint density at radius 3 is 2.95 bits per heavy atom. The normalized spacial score (nSPS) is 19.7. The molecule has 0 radical (unpaired) electrons. The average Bonchev–Trinajstić information content (AvgIpc) is 2.42. The first-order chi connectivity index (χ1) is 9.19. The van der Waals surface area contributed by atoms with Crippen LogP contribution in [-0.4, -0.2) is 38.2 Å². The number of ether oxygens (including phenoxy) is 1. The lowest BCUT2D eigenvalue weighted by molar-refractivity contribution is 0.256. The van der Waals surface area contributed by atoms with Gasteiger partial charge in [-0.2, -0.15) is 0 Å². The van der Waals surface area contributed by atoms with Crippen LogP contribution < -0.4 is 10.1 Å². The molecule has 0 saturated carbocycles. The molecule has 0 aliphatic carbocycles. The minimum Gasteiger partial charge on any atom is -0.497 e. The van der Waals surface area contributed by atoms with Crippen molar-refractivity contribution in [3.05, 3.63) is 28.2 Å². The van der Waals surface area contributed by atoms with Gasteiger partial charge < -0.3 is 15.0 Å². The highest BCUT2D eigenvalue weighted by Crippen LogP contribution is 2.23. The highest BCUT2D eigenvalue weighted by molar-refractivity contribution is 9.10. The molecule has 0 spiro atoms. The van der Waals surface area contributed by atoms with E-state index in [9.17, 15) is 0 Å². The third kappa shape index (κ3) is 4.48. The summed E-state index contributed by atoms with van der Waals surface area (Å²) >= 11 is 3.62. The van der Waals surface area contributed by atoms with Crippen LogP contribution in [0.15, 0.2) is 22.7 Å². The highest BCUT2D eigenvalue weighted by Gasteiger charge is 2.15. The third-order valence-electron chi connectivity index (χ3n) is 3.64. The molecule has 0 aromatic heterocycles. The summed E-state index contributed by atoms with van der Waals surface area (Å²) in [5.74, 6) is 0.919. The van der Waals surface area contributed by atoms with Gasteiger partial charge >= 0.3 is 0 Å². The Balaban J connectivity index is 1.92. The van der Waals surface area contributed by atoms with Gasteiger partial charge in [-0.15, -0.1) is 0 Å². The van der Waals surface area contributed by atoms with E-state index in [1.165, 1.54) is 31.4 Å². The number of methoxy groups -OCH3 is 1. The average molecular weight is 327 g/mol. The van der Waals surface area contributed by atoms with Crippen LogP contribution in [0.3, 0.4) is 0 Å². The fraction of sp³-hybridized carbons (Fsp3) is 0.600. The van der Waals surface area contributed by atoms with E-state index in [0.717, 1.165) is 23.3 Å². The Hall–Kier alpha value is -0.580. The third-order valence-corrected chi connectivity index (χ3v) is 4.41. The van der Waals surface area contributed by atoms with Gasteiger partial charge in [0.15, 0.2) is 0 Å². The summed E-state index contributed by atoms with van der Waals surface area (Å²) in [5.41, 5.74) is 1.28. The minimum absolute atomic E-state index is 0.642. The summed E-state index contributed by atoms with van der Waals surface area (Å²) in [6.07, 6.45) is 3.97. The molecule has 1 aromatic rings. The van der Waals surface area contributed by atoms with Crippen molar-refractivity contribution in [1.29, 1.82) is 0 Å². The molecule has 1 heterocycles. The SMILES string of the molecule is COc1ccc(Br)c(CN(C)CC2CCCCN2)c1. The van der Waals surface area contributed by atoms with Gasteiger partial charge in [0, 0.05) is 23.6 Å². The number of nitrogens with zero attached hydrogens (tertiary/aromatic N) is 1. The smallest absolute Gasteiger partial charge is 0.119 e. The summed E-state index contributed by atoms with van der Waals surface area (Å²) in [5, 5.41) is 3.59. The fourth-order valence-corrected chi connectivity index (χ4v) is 2.98. The second-order valence-electron chi connectivity index (χ2n) is 5.30. The molecule has 0 bridgehead atoms. The predicted molar refractivity (Wildman–Crippen MR) is 82.7 cm³/mol. The molecule has 2 rings (SSSR count). The molecular weight excluding hydrogens is 304 g/mol. The molecule has 19 heavy (non-hydrogen) atoms. The molecule has 1 aliphatic heterocycles. The maximum absolute atomic E-state index is 5.29. The van der Waals surface area contributed by atoms with Gasteiger partial charge in [-0.1, -0.05) is 22.4 Å². The maximum Gasteiger partial charge on any atom is 0.119 e. The van der Waals surface area contributed by atoms with Crippen LogP contribution in [0.4, 0.5) is 0 Å². The zero-order valence-corrected chi connectivity index (χ0v) is 13.4. The monoisotopic (exact) mass is 326 g/mol. The van der Waals surface area contributed by atoms with Crippen molar-refractivity contribution in [1.82, 2.24) is 10.2 Å². The molecule has 0 amide bonds.